The van der Waals surface area contributed by atoms with E-state index in [1.54, 1.807) is 23.3 Å². The molecule has 3 aromatic rings. The van der Waals surface area contributed by atoms with Crippen LogP contribution in [0.25, 0.3) is 22.3 Å². The molecule has 3 heterocycles. The molecule has 1 aromatic carbocycles. The van der Waals surface area contributed by atoms with Crippen LogP contribution in [0.3, 0.4) is 0 Å². The van der Waals surface area contributed by atoms with E-state index in [1.807, 2.05) is 57.3 Å². The number of rotatable bonds is 18. The van der Waals surface area contributed by atoms with E-state index in [9.17, 15) is 24.3 Å². The molecule has 4 unspecified atom stereocenters. The number of thiazole rings is 1. The van der Waals surface area contributed by atoms with Gasteiger partial charge in [-0.05, 0) is 66.9 Å². The Labute approximate surface area is 345 Å². The number of benzene rings is 1. The summed E-state index contributed by atoms with van der Waals surface area (Å²) < 4.78 is 23.8. The lowest BCUT2D eigenvalue weighted by molar-refractivity contribution is -0.157. The summed E-state index contributed by atoms with van der Waals surface area (Å²) in [6.07, 6.45) is 4.09. The van der Waals surface area contributed by atoms with Crippen LogP contribution < -0.4 is 9.47 Å². The number of amides is 1. The summed E-state index contributed by atoms with van der Waals surface area (Å²) in [5, 5.41) is 14.0. The molecule has 13 heteroatoms. The number of hydrogen-bond acceptors (Lipinski definition) is 11. The second-order valence-electron chi connectivity index (χ2n) is 18.6. The van der Waals surface area contributed by atoms with Crippen molar-refractivity contribution in [2.45, 2.75) is 118 Å². The Bertz CT molecular complexity index is 2010. The molecule has 58 heavy (non-hydrogen) atoms. The average molecular weight is 818 g/mol. The van der Waals surface area contributed by atoms with Crippen LogP contribution in [0.1, 0.15) is 97.9 Å². The van der Waals surface area contributed by atoms with Crippen molar-refractivity contribution >= 4 is 45.9 Å². The molecule has 0 spiro atoms. The number of pyridine rings is 1. The minimum Gasteiger partial charge on any atom is -0.491 e. The molecule has 3 aliphatic carbocycles. The van der Waals surface area contributed by atoms with Crippen molar-refractivity contribution in [3.8, 4) is 22.9 Å². The summed E-state index contributed by atoms with van der Waals surface area (Å²) in [6.45, 7) is 12.9. The summed E-state index contributed by atoms with van der Waals surface area (Å²) >= 11 is 1.59. The smallest absolute Gasteiger partial charge is 0.310 e. The van der Waals surface area contributed by atoms with Crippen LogP contribution in [0.4, 0.5) is 0 Å². The quantitative estimate of drug-likeness (QED) is 0.0989. The summed E-state index contributed by atoms with van der Waals surface area (Å²) in [5.74, 6) is 0.0197. The zero-order chi connectivity index (χ0) is 41.5. The van der Waals surface area contributed by atoms with Crippen molar-refractivity contribution in [2.24, 2.45) is 40.4 Å². The molecule has 1 saturated heterocycles. The predicted octanol–water partition coefficient (Wildman–Crippen LogP) is 7.78. The number of carbonyl (C=O) groups excluding carboxylic acids is 3. The van der Waals surface area contributed by atoms with Crippen LogP contribution in [0.15, 0.2) is 29.6 Å². The normalized spacial score (nSPS) is 26.7. The number of carbonyl (C=O) groups is 4. The first-order chi connectivity index (χ1) is 27.6. The van der Waals surface area contributed by atoms with Crippen molar-refractivity contribution < 1.29 is 43.2 Å². The highest BCUT2D eigenvalue weighted by molar-refractivity contribution is 7.09. The van der Waals surface area contributed by atoms with Gasteiger partial charge in [-0.1, -0.05) is 48.0 Å². The van der Waals surface area contributed by atoms with Gasteiger partial charge in [-0.25, -0.2) is 9.97 Å². The van der Waals surface area contributed by atoms with Gasteiger partial charge in [0.15, 0.2) is 5.78 Å². The van der Waals surface area contributed by atoms with Gasteiger partial charge in [0.1, 0.15) is 30.3 Å². The Morgan fingerprint density at radius 1 is 1.00 bits per heavy atom. The van der Waals surface area contributed by atoms with Crippen LogP contribution in [0, 0.1) is 40.4 Å². The van der Waals surface area contributed by atoms with Crippen molar-refractivity contribution in [3.05, 3.63) is 34.7 Å². The van der Waals surface area contributed by atoms with Crippen molar-refractivity contribution in [1.82, 2.24) is 14.9 Å². The molecule has 1 amide bonds. The Balaban J connectivity index is 1.19. The fraction of sp³-hybridized carbons (Fsp3) is 0.644. The number of carboxylic acid groups (broad SMARTS) is 1. The predicted molar refractivity (Wildman–Crippen MR) is 220 cm³/mol. The van der Waals surface area contributed by atoms with E-state index in [2.05, 4.69) is 13.8 Å². The number of hydrogen-bond donors (Lipinski definition) is 1. The summed E-state index contributed by atoms with van der Waals surface area (Å²) in [5.41, 5.74) is 0.213. The van der Waals surface area contributed by atoms with Crippen LogP contribution in [-0.2, 0) is 35.1 Å². The van der Waals surface area contributed by atoms with Crippen LogP contribution in [0.2, 0.25) is 0 Å². The van der Waals surface area contributed by atoms with Crippen molar-refractivity contribution in [2.75, 3.05) is 26.9 Å². The maximum absolute atomic E-state index is 14.8. The number of Topliss-reactive ketones (excluding diaryl/α,β-unsaturated/α-hetero) is 1. The fourth-order valence-electron chi connectivity index (χ4n) is 9.24. The van der Waals surface area contributed by atoms with E-state index < -0.39 is 40.8 Å². The highest BCUT2D eigenvalue weighted by atomic mass is 32.1. The highest BCUT2D eigenvalue weighted by Crippen LogP contribution is 2.58. The number of fused-ring (bicyclic) bond motifs is 2. The molecule has 1 aliphatic heterocycles. The number of carboxylic acids is 1. The van der Waals surface area contributed by atoms with E-state index in [-0.39, 0.29) is 49.5 Å². The van der Waals surface area contributed by atoms with Gasteiger partial charge < -0.3 is 29.0 Å². The largest absolute Gasteiger partial charge is 0.491 e. The molecule has 1 N–H and O–H groups in total. The monoisotopic (exact) mass is 817 g/mol. The Morgan fingerprint density at radius 2 is 1.76 bits per heavy atom. The molecule has 314 valence electrons. The maximum Gasteiger partial charge on any atom is 0.310 e. The first-order valence-electron chi connectivity index (χ1n) is 21.0. The van der Waals surface area contributed by atoms with Gasteiger partial charge in [0.2, 0.25) is 5.91 Å². The molecular formula is C45H59N3O9S. The third kappa shape index (κ3) is 9.20. The number of esters is 1. The molecule has 4 fully saturated rings. The third-order valence-electron chi connectivity index (χ3n) is 12.8. The second kappa shape index (κ2) is 16.9. The number of nitrogens with zero attached hydrogens (tertiary/aromatic N) is 3. The molecular weight excluding hydrogens is 759 g/mol. The van der Waals surface area contributed by atoms with Gasteiger partial charge in [0.25, 0.3) is 0 Å². The topological polar surface area (TPSA) is 154 Å². The maximum atomic E-state index is 14.8. The van der Waals surface area contributed by atoms with E-state index in [1.165, 1.54) is 6.42 Å². The summed E-state index contributed by atoms with van der Waals surface area (Å²) in [6, 6.07) is 6.53. The number of likely N-dealkylation sites (tertiary alicyclic amines) is 1. The summed E-state index contributed by atoms with van der Waals surface area (Å²) in [7, 11) is 1.62. The van der Waals surface area contributed by atoms with Crippen LogP contribution >= 0.6 is 11.3 Å². The van der Waals surface area contributed by atoms with Crippen LogP contribution in [-0.4, -0.2) is 88.7 Å². The second-order valence-corrected chi connectivity index (χ2v) is 19.6. The molecule has 12 nitrogen and oxygen atoms in total. The van der Waals surface area contributed by atoms with Crippen molar-refractivity contribution in [1.29, 1.82) is 0 Å². The SMILES string of the molecule is CCC1C[C@]1(CC(=O)[C@@H]1CC(Oc2cc(-c3csc(CC(C)C)n3)nc3cc(OCCOC)ccc23)CN1C(=O)[C@@H](CC(=O)OC1CC2CC2C1)C(C)(C)C)C(=O)O. The third-order valence-corrected chi connectivity index (χ3v) is 13.6. The molecule has 0 bridgehead atoms. The summed E-state index contributed by atoms with van der Waals surface area (Å²) in [4.78, 5) is 66.6. The van der Waals surface area contributed by atoms with E-state index in [0.29, 0.717) is 66.5 Å². The molecule has 3 saturated carbocycles. The molecule has 0 radical (unpaired) electrons. The van der Waals surface area contributed by atoms with E-state index >= 15 is 0 Å². The Morgan fingerprint density at radius 3 is 2.41 bits per heavy atom. The number of aromatic nitrogens is 2. The first-order valence-corrected chi connectivity index (χ1v) is 21.9. The lowest BCUT2D eigenvalue weighted by Crippen LogP contribution is -2.48. The van der Waals surface area contributed by atoms with Gasteiger partial charge in [-0.3, -0.25) is 19.2 Å². The lowest BCUT2D eigenvalue weighted by Gasteiger charge is -2.35. The van der Waals surface area contributed by atoms with Gasteiger partial charge >= 0.3 is 11.9 Å². The number of ketones is 1. The molecule has 7 atom stereocenters. The zero-order valence-corrected chi connectivity index (χ0v) is 35.8. The molecule has 2 aromatic heterocycles. The molecule has 4 aliphatic rings. The average Bonchev–Trinajstić information content (AvgIpc) is 3.83. The van der Waals surface area contributed by atoms with Gasteiger partial charge in [-0.2, -0.15) is 0 Å². The minimum absolute atomic E-state index is 0.0900. The van der Waals surface area contributed by atoms with E-state index in [4.69, 9.17) is 28.9 Å². The fourth-order valence-corrected chi connectivity index (χ4v) is 10.2. The standard InChI is InChI=1S/C45H59N3O9S/c1-8-28-21-45(28,43(52)53)22-38(49)37-18-31(23-48(37)42(51)33(44(4,5)6)19-41(50)57-30-15-26-14-27(26)16-30)56-39-20-35(36-24-58-40(47-36)13-25(2)3)46-34-17-29(9-10-32(34)39)55-12-11-54-7/h9-10,17,20,24-28,30-31,33,37H,8,11-16,18-19,21-23H2,1-7H3,(H,52,53)/t26?,27?,28?,30?,31?,33-,37+,45-/m1/s1. The Hall–Kier alpha value is -4.10. The first kappa shape index (κ1) is 42.0. The molecule has 7 rings (SSSR count). The van der Waals surface area contributed by atoms with Crippen molar-refractivity contribution in [3.63, 3.8) is 0 Å². The zero-order valence-electron chi connectivity index (χ0n) is 35.0. The van der Waals surface area contributed by atoms with Gasteiger partial charge in [0.05, 0.1) is 58.9 Å². The number of aliphatic carboxylic acids is 1. The lowest BCUT2D eigenvalue weighted by atomic mass is 9.77. The van der Waals surface area contributed by atoms with Gasteiger partial charge in [-0.15, -0.1) is 11.3 Å². The highest BCUT2D eigenvalue weighted by Gasteiger charge is 2.61. The minimum atomic E-state index is -1.13. The van der Waals surface area contributed by atoms with Gasteiger partial charge in [0, 0.05) is 49.3 Å². The number of methoxy groups -OCH3 is 1. The van der Waals surface area contributed by atoms with E-state index in [0.717, 1.165) is 35.4 Å². The number of ether oxygens (including phenoxy) is 4. The van der Waals surface area contributed by atoms with Crippen LogP contribution in [0.5, 0.6) is 11.5 Å². The Kier molecular flexibility index (Phi) is 12.2.